The van der Waals surface area contributed by atoms with Gasteiger partial charge in [-0.3, -0.25) is 8.97 Å². The second kappa shape index (κ2) is 7.38. The Balaban J connectivity index is 1.62. The molecule has 0 saturated heterocycles. The standard InChI is InChI=1S/C37H24N4/c1-38-29-18-10-16-26-32-25-15-8-9-17-28(25)40(24-13-6-3-7-14-24)37(32)41-31-21-22-39(23-11-4-2-5-12-23)35(31)27-19-20-30(38)34(33(26)29)36(27)41/h2-22H,1H3. The highest BCUT2D eigenvalue weighted by atomic mass is 15.1. The van der Waals surface area contributed by atoms with Crippen LogP contribution in [0.4, 0.5) is 0 Å². The highest BCUT2D eigenvalue weighted by Gasteiger charge is 2.26. The molecule has 0 amide bonds. The van der Waals surface area contributed by atoms with Crippen LogP contribution in [0.15, 0.2) is 128 Å². The van der Waals surface area contributed by atoms with Crippen molar-refractivity contribution in [3.8, 4) is 11.4 Å². The molecule has 0 aliphatic carbocycles. The van der Waals surface area contributed by atoms with E-state index < -0.39 is 0 Å². The average molecular weight is 525 g/mol. The zero-order chi connectivity index (χ0) is 26.8. The molecule has 0 atom stereocenters. The fourth-order valence-corrected chi connectivity index (χ4v) is 7.51. The van der Waals surface area contributed by atoms with Crippen LogP contribution in [0.3, 0.4) is 0 Å². The summed E-state index contributed by atoms with van der Waals surface area (Å²) in [6, 6.07) is 44.1. The normalized spacial score (nSPS) is 12.5. The zero-order valence-electron chi connectivity index (χ0n) is 22.4. The van der Waals surface area contributed by atoms with Gasteiger partial charge in [0.05, 0.1) is 27.6 Å². The fourth-order valence-electron chi connectivity index (χ4n) is 7.51. The van der Waals surface area contributed by atoms with Crippen molar-refractivity contribution in [1.82, 2.24) is 18.1 Å². The molecule has 0 spiro atoms. The van der Waals surface area contributed by atoms with E-state index >= 15 is 0 Å². The molecule has 4 nitrogen and oxygen atoms in total. The van der Waals surface area contributed by atoms with E-state index in [-0.39, 0.29) is 0 Å². The van der Waals surface area contributed by atoms with Crippen molar-refractivity contribution in [2.45, 2.75) is 0 Å². The summed E-state index contributed by atoms with van der Waals surface area (Å²) in [5.74, 6) is 0. The van der Waals surface area contributed by atoms with Gasteiger partial charge in [-0.25, -0.2) is 0 Å². The third kappa shape index (κ3) is 2.47. The second-order valence-electron chi connectivity index (χ2n) is 11.1. The lowest BCUT2D eigenvalue weighted by molar-refractivity contribution is 1.01. The molecule has 4 heteroatoms. The predicted octanol–water partition coefficient (Wildman–Crippen LogP) is 9.22. The van der Waals surface area contributed by atoms with E-state index in [0.29, 0.717) is 0 Å². The van der Waals surface area contributed by atoms with Gasteiger partial charge in [-0.05, 0) is 60.0 Å². The Bertz CT molecular complexity index is 2630. The van der Waals surface area contributed by atoms with Gasteiger partial charge < -0.3 is 9.13 Å². The van der Waals surface area contributed by atoms with Crippen LogP contribution in [0.1, 0.15) is 0 Å². The molecular formula is C37H24N4. The Morgan fingerprint density at radius 2 is 1.12 bits per heavy atom. The predicted molar refractivity (Wildman–Crippen MR) is 171 cm³/mol. The van der Waals surface area contributed by atoms with Gasteiger partial charge >= 0.3 is 0 Å². The summed E-state index contributed by atoms with van der Waals surface area (Å²) in [4.78, 5) is 0. The van der Waals surface area contributed by atoms with Gasteiger partial charge in [-0.15, -0.1) is 0 Å². The van der Waals surface area contributed by atoms with Gasteiger partial charge in [0, 0.05) is 57.1 Å². The van der Waals surface area contributed by atoms with E-state index in [2.05, 4.69) is 153 Å². The summed E-state index contributed by atoms with van der Waals surface area (Å²) in [5.41, 5.74) is 11.0. The molecule has 0 N–H and O–H groups in total. The lowest BCUT2D eigenvalue weighted by Crippen LogP contribution is -1.97. The molecule has 5 aromatic heterocycles. The number of hydrogen-bond donors (Lipinski definition) is 0. The van der Waals surface area contributed by atoms with Gasteiger partial charge in [0.15, 0.2) is 0 Å². The van der Waals surface area contributed by atoms with E-state index in [1.165, 1.54) is 76.8 Å². The van der Waals surface area contributed by atoms with E-state index in [9.17, 15) is 0 Å². The number of nitrogens with zero attached hydrogens (tertiary/aromatic N) is 4. The molecule has 0 bridgehead atoms. The van der Waals surface area contributed by atoms with E-state index in [1.54, 1.807) is 0 Å². The minimum absolute atomic E-state index is 1.16. The maximum atomic E-state index is 2.55. The highest BCUT2D eigenvalue weighted by molar-refractivity contribution is 6.35. The number of aromatic nitrogens is 4. The maximum Gasteiger partial charge on any atom is 0.131 e. The summed E-state index contributed by atoms with van der Waals surface area (Å²) in [5, 5.41) is 7.76. The zero-order valence-corrected chi connectivity index (χ0v) is 22.4. The molecule has 10 aromatic rings. The van der Waals surface area contributed by atoms with E-state index in [0.717, 1.165) is 5.69 Å². The van der Waals surface area contributed by atoms with Gasteiger partial charge in [0.1, 0.15) is 5.65 Å². The first-order chi connectivity index (χ1) is 20.3. The molecule has 192 valence electrons. The van der Waals surface area contributed by atoms with E-state index in [1.807, 2.05) is 0 Å². The van der Waals surface area contributed by atoms with Crippen molar-refractivity contribution in [3.63, 3.8) is 0 Å². The summed E-state index contributed by atoms with van der Waals surface area (Å²) in [6.07, 6.45) is 2.22. The number of benzene rings is 5. The van der Waals surface area contributed by atoms with Crippen LogP contribution in [0.25, 0.3) is 82.4 Å². The first-order valence-electron chi connectivity index (χ1n) is 14.1. The smallest absolute Gasteiger partial charge is 0.131 e. The summed E-state index contributed by atoms with van der Waals surface area (Å²) < 4.78 is 9.73. The number of para-hydroxylation sites is 3. The van der Waals surface area contributed by atoms with Crippen LogP contribution in [-0.2, 0) is 7.05 Å². The first-order valence-corrected chi connectivity index (χ1v) is 14.1. The Morgan fingerprint density at radius 1 is 0.439 bits per heavy atom. The second-order valence-corrected chi connectivity index (χ2v) is 11.1. The van der Waals surface area contributed by atoms with Gasteiger partial charge in [0.25, 0.3) is 0 Å². The van der Waals surface area contributed by atoms with Crippen molar-refractivity contribution in [2.75, 3.05) is 0 Å². The van der Waals surface area contributed by atoms with Gasteiger partial charge in [-0.2, -0.15) is 0 Å². The van der Waals surface area contributed by atoms with Crippen molar-refractivity contribution in [3.05, 3.63) is 128 Å². The molecule has 41 heavy (non-hydrogen) atoms. The Hall–Kier alpha value is -5.48. The van der Waals surface area contributed by atoms with Crippen LogP contribution < -0.4 is 0 Å². The molecule has 0 unspecified atom stereocenters. The van der Waals surface area contributed by atoms with Crippen LogP contribution in [-0.4, -0.2) is 18.1 Å². The summed E-state index contributed by atoms with van der Waals surface area (Å²) in [6.45, 7) is 0. The summed E-state index contributed by atoms with van der Waals surface area (Å²) in [7, 11) is 2.20. The van der Waals surface area contributed by atoms with Crippen LogP contribution in [0, 0.1) is 0 Å². The molecule has 5 aromatic carbocycles. The monoisotopic (exact) mass is 524 g/mol. The highest BCUT2D eigenvalue weighted by Crippen LogP contribution is 2.47. The van der Waals surface area contributed by atoms with Crippen molar-refractivity contribution in [2.24, 2.45) is 7.05 Å². The lowest BCUT2D eigenvalue weighted by atomic mass is 10.0. The van der Waals surface area contributed by atoms with Crippen LogP contribution in [0.5, 0.6) is 0 Å². The topological polar surface area (TPSA) is 19.2 Å². The number of rotatable bonds is 2. The van der Waals surface area contributed by atoms with E-state index in [4.69, 9.17) is 0 Å². The maximum absolute atomic E-state index is 2.55. The molecule has 0 saturated carbocycles. The number of aryl methyl sites for hydroxylation is 1. The summed E-state index contributed by atoms with van der Waals surface area (Å²) >= 11 is 0. The first kappa shape index (κ1) is 21.4. The SMILES string of the molecule is Cn1c2cccc3c2c2c1ccc1c4c(ccn4-c4ccccc4)n(c12)c1c3c2ccccc2n1-c1ccccc1. The Labute approximate surface area is 234 Å². The largest absolute Gasteiger partial charge is 0.344 e. The minimum Gasteiger partial charge on any atom is -0.344 e. The van der Waals surface area contributed by atoms with Crippen molar-refractivity contribution in [1.29, 1.82) is 0 Å². The Kier molecular flexibility index (Phi) is 3.84. The quantitative estimate of drug-likeness (QED) is 0.215. The third-order valence-electron chi connectivity index (χ3n) is 9.14. The molecule has 0 aliphatic rings. The van der Waals surface area contributed by atoms with Gasteiger partial charge in [0.2, 0.25) is 0 Å². The minimum atomic E-state index is 1.16. The van der Waals surface area contributed by atoms with Crippen LogP contribution >= 0.6 is 0 Å². The van der Waals surface area contributed by atoms with Gasteiger partial charge in [-0.1, -0.05) is 66.7 Å². The molecular weight excluding hydrogens is 500 g/mol. The van der Waals surface area contributed by atoms with Crippen molar-refractivity contribution >= 4 is 71.1 Å². The Morgan fingerprint density at radius 3 is 1.95 bits per heavy atom. The van der Waals surface area contributed by atoms with Crippen molar-refractivity contribution < 1.29 is 0 Å². The van der Waals surface area contributed by atoms with Crippen LogP contribution in [0.2, 0.25) is 0 Å². The molecule has 5 heterocycles. The average Bonchev–Trinajstić information content (AvgIpc) is 3.74. The third-order valence-corrected chi connectivity index (χ3v) is 9.14. The number of fused-ring (bicyclic) bond motifs is 8. The molecule has 0 fully saturated rings. The molecule has 0 aliphatic heterocycles. The molecule has 0 radical (unpaired) electrons. The number of hydrogen-bond acceptors (Lipinski definition) is 0. The lowest BCUT2D eigenvalue weighted by Gasteiger charge is -2.09. The fraction of sp³-hybridized carbons (Fsp3) is 0.0270. The molecule has 10 rings (SSSR count).